The van der Waals surface area contributed by atoms with Gasteiger partial charge in [0.1, 0.15) is 5.54 Å². The maximum absolute atomic E-state index is 13.2. The molecule has 1 aliphatic heterocycles. The fourth-order valence-corrected chi connectivity index (χ4v) is 4.56. The fraction of sp³-hybridized carbons (Fsp3) is 0.882. The molecule has 0 bridgehead atoms. The second-order valence-corrected chi connectivity index (χ2v) is 7.25. The Morgan fingerprint density at radius 3 is 2.24 bits per heavy atom. The van der Waals surface area contributed by atoms with Gasteiger partial charge in [0.2, 0.25) is 11.8 Å². The Bertz CT molecular complexity index is 407. The number of nitrogens with one attached hydrogen (secondary N) is 1. The van der Waals surface area contributed by atoms with Gasteiger partial charge < -0.3 is 10.2 Å². The smallest absolute Gasteiger partial charge is 0.248 e. The minimum absolute atomic E-state index is 0.0422. The first-order valence-corrected chi connectivity index (χ1v) is 8.76. The second-order valence-electron chi connectivity index (χ2n) is 7.25. The average molecular weight is 292 g/mol. The molecule has 1 spiro atoms. The van der Waals surface area contributed by atoms with Crippen LogP contribution in [0.25, 0.3) is 0 Å². The standard InChI is InChI=1S/C17H28N2O2/c1-13-12-15(20)18-17(10-6-7-11-17)16(21)19(13)14-8-4-2-3-5-9-14/h13-14H,2-12H2,1H3,(H,18,20). The predicted molar refractivity (Wildman–Crippen MR) is 81.8 cm³/mol. The lowest BCUT2D eigenvalue weighted by Gasteiger charge is -2.39. The summed E-state index contributed by atoms with van der Waals surface area (Å²) in [5.41, 5.74) is -0.575. The number of nitrogens with zero attached hydrogens (tertiary/aromatic N) is 1. The minimum atomic E-state index is -0.575. The van der Waals surface area contributed by atoms with E-state index in [1.807, 2.05) is 0 Å². The Hall–Kier alpha value is -1.06. The highest BCUT2D eigenvalue weighted by molar-refractivity contribution is 5.94. The summed E-state index contributed by atoms with van der Waals surface area (Å²) < 4.78 is 0. The van der Waals surface area contributed by atoms with Crippen LogP contribution in [0.5, 0.6) is 0 Å². The van der Waals surface area contributed by atoms with E-state index in [0.29, 0.717) is 12.5 Å². The van der Waals surface area contributed by atoms with Gasteiger partial charge in [-0.05, 0) is 32.6 Å². The molecule has 3 rings (SSSR count). The van der Waals surface area contributed by atoms with Crippen molar-refractivity contribution >= 4 is 11.8 Å². The number of rotatable bonds is 1. The van der Waals surface area contributed by atoms with Crippen molar-refractivity contribution in [1.29, 1.82) is 0 Å². The Kier molecular flexibility index (Phi) is 4.23. The molecule has 1 saturated heterocycles. The molecule has 2 amide bonds. The van der Waals surface area contributed by atoms with Crippen LogP contribution in [0, 0.1) is 0 Å². The Morgan fingerprint density at radius 1 is 1.00 bits per heavy atom. The zero-order valence-electron chi connectivity index (χ0n) is 13.2. The second kappa shape index (κ2) is 5.98. The molecule has 0 aromatic carbocycles. The van der Waals surface area contributed by atoms with Gasteiger partial charge in [-0.2, -0.15) is 0 Å². The summed E-state index contributed by atoms with van der Waals surface area (Å²) in [6.07, 6.45) is 11.5. The van der Waals surface area contributed by atoms with Crippen LogP contribution < -0.4 is 5.32 Å². The first kappa shape index (κ1) is 14.9. The van der Waals surface area contributed by atoms with Crippen LogP contribution in [0.15, 0.2) is 0 Å². The van der Waals surface area contributed by atoms with Gasteiger partial charge in [0.25, 0.3) is 0 Å². The van der Waals surface area contributed by atoms with Crippen LogP contribution in [0.4, 0.5) is 0 Å². The molecule has 2 saturated carbocycles. The summed E-state index contributed by atoms with van der Waals surface area (Å²) in [5.74, 6) is 0.277. The maximum Gasteiger partial charge on any atom is 0.248 e. The van der Waals surface area contributed by atoms with Gasteiger partial charge in [-0.1, -0.05) is 38.5 Å². The molecule has 4 nitrogen and oxygen atoms in total. The highest BCUT2D eigenvalue weighted by atomic mass is 16.2. The van der Waals surface area contributed by atoms with E-state index in [-0.39, 0.29) is 17.9 Å². The summed E-state index contributed by atoms with van der Waals surface area (Å²) in [6, 6.07) is 0.390. The first-order chi connectivity index (χ1) is 10.1. The summed E-state index contributed by atoms with van der Waals surface area (Å²) in [6.45, 7) is 2.05. The molecule has 118 valence electrons. The zero-order valence-corrected chi connectivity index (χ0v) is 13.2. The van der Waals surface area contributed by atoms with E-state index in [2.05, 4.69) is 17.1 Å². The van der Waals surface area contributed by atoms with E-state index < -0.39 is 5.54 Å². The molecule has 0 aromatic heterocycles. The van der Waals surface area contributed by atoms with Gasteiger partial charge >= 0.3 is 0 Å². The third kappa shape index (κ3) is 2.82. The molecule has 2 aliphatic carbocycles. The van der Waals surface area contributed by atoms with Gasteiger partial charge in [0, 0.05) is 18.5 Å². The largest absolute Gasteiger partial charge is 0.342 e. The summed E-state index contributed by atoms with van der Waals surface area (Å²) in [4.78, 5) is 27.6. The molecule has 21 heavy (non-hydrogen) atoms. The van der Waals surface area contributed by atoms with Gasteiger partial charge in [-0.3, -0.25) is 9.59 Å². The monoisotopic (exact) mass is 292 g/mol. The quantitative estimate of drug-likeness (QED) is 0.756. The van der Waals surface area contributed by atoms with E-state index in [1.165, 1.54) is 25.7 Å². The number of carbonyl (C=O) groups is 2. The van der Waals surface area contributed by atoms with Crippen LogP contribution in [0.1, 0.15) is 77.6 Å². The van der Waals surface area contributed by atoms with E-state index in [0.717, 1.165) is 38.5 Å². The fourth-order valence-electron chi connectivity index (χ4n) is 4.56. The van der Waals surface area contributed by atoms with Crippen molar-refractivity contribution in [3.63, 3.8) is 0 Å². The minimum Gasteiger partial charge on any atom is -0.342 e. The highest BCUT2D eigenvalue weighted by Gasteiger charge is 2.49. The average Bonchev–Trinajstić information content (AvgIpc) is 2.71. The van der Waals surface area contributed by atoms with Gasteiger partial charge in [0.05, 0.1) is 0 Å². The van der Waals surface area contributed by atoms with Crippen molar-refractivity contribution in [2.45, 2.75) is 95.2 Å². The van der Waals surface area contributed by atoms with Crippen LogP contribution in [0.3, 0.4) is 0 Å². The third-order valence-corrected chi connectivity index (χ3v) is 5.65. The van der Waals surface area contributed by atoms with Crippen LogP contribution in [-0.4, -0.2) is 34.3 Å². The molecule has 3 aliphatic rings. The molecular weight excluding hydrogens is 264 g/mol. The molecule has 4 heteroatoms. The molecule has 3 fully saturated rings. The van der Waals surface area contributed by atoms with Crippen molar-refractivity contribution in [3.05, 3.63) is 0 Å². The van der Waals surface area contributed by atoms with Crippen LogP contribution >= 0.6 is 0 Å². The van der Waals surface area contributed by atoms with Gasteiger partial charge in [-0.15, -0.1) is 0 Å². The molecule has 0 radical (unpaired) electrons. The summed E-state index contributed by atoms with van der Waals surface area (Å²) >= 11 is 0. The van der Waals surface area contributed by atoms with E-state index in [9.17, 15) is 9.59 Å². The summed E-state index contributed by atoms with van der Waals surface area (Å²) in [7, 11) is 0. The molecule has 1 N–H and O–H groups in total. The SMILES string of the molecule is CC1CC(=O)NC2(CCCC2)C(=O)N1C1CCCCCC1. The highest BCUT2D eigenvalue weighted by Crippen LogP contribution is 2.36. The lowest BCUT2D eigenvalue weighted by Crippen LogP contribution is -2.58. The topological polar surface area (TPSA) is 49.4 Å². The van der Waals surface area contributed by atoms with Crippen molar-refractivity contribution in [1.82, 2.24) is 10.2 Å². The van der Waals surface area contributed by atoms with E-state index in [1.54, 1.807) is 0 Å². The van der Waals surface area contributed by atoms with Crippen molar-refractivity contribution in [3.8, 4) is 0 Å². The van der Waals surface area contributed by atoms with Crippen LogP contribution in [-0.2, 0) is 9.59 Å². The predicted octanol–water partition coefficient (Wildman–Crippen LogP) is 2.76. The number of amides is 2. The van der Waals surface area contributed by atoms with Crippen molar-refractivity contribution < 1.29 is 9.59 Å². The van der Waals surface area contributed by atoms with Crippen LogP contribution in [0.2, 0.25) is 0 Å². The lowest BCUT2D eigenvalue weighted by atomic mass is 9.93. The summed E-state index contributed by atoms with van der Waals surface area (Å²) in [5, 5.41) is 3.09. The van der Waals surface area contributed by atoms with Gasteiger partial charge in [0.15, 0.2) is 0 Å². The molecule has 1 atom stereocenters. The molecule has 1 unspecified atom stereocenters. The van der Waals surface area contributed by atoms with Crippen molar-refractivity contribution in [2.75, 3.05) is 0 Å². The molecular formula is C17H28N2O2. The Balaban J connectivity index is 1.88. The lowest BCUT2D eigenvalue weighted by molar-refractivity contribution is -0.142. The number of hydrogen-bond donors (Lipinski definition) is 1. The van der Waals surface area contributed by atoms with E-state index in [4.69, 9.17) is 0 Å². The Morgan fingerprint density at radius 2 is 1.62 bits per heavy atom. The maximum atomic E-state index is 13.2. The van der Waals surface area contributed by atoms with Crippen molar-refractivity contribution in [2.24, 2.45) is 0 Å². The van der Waals surface area contributed by atoms with Gasteiger partial charge in [-0.25, -0.2) is 0 Å². The Labute approximate surface area is 127 Å². The normalized spacial score (nSPS) is 31.1. The first-order valence-electron chi connectivity index (χ1n) is 8.76. The molecule has 1 heterocycles. The molecule has 0 aromatic rings. The zero-order chi connectivity index (χ0) is 14.9. The third-order valence-electron chi connectivity index (χ3n) is 5.65. The van der Waals surface area contributed by atoms with E-state index >= 15 is 0 Å². The number of hydrogen-bond acceptors (Lipinski definition) is 2. The number of carbonyl (C=O) groups excluding carboxylic acids is 2.